The van der Waals surface area contributed by atoms with Gasteiger partial charge in [-0.1, -0.05) is 29.8 Å². The topological polar surface area (TPSA) is 42.0 Å². The van der Waals surface area contributed by atoms with Crippen LogP contribution in [-0.2, 0) is 11.3 Å². The molecule has 3 nitrogen and oxygen atoms in total. The minimum atomic E-state index is -0.0778. The molecule has 1 aliphatic carbocycles. The molecule has 1 aliphatic rings. The lowest BCUT2D eigenvalue weighted by Crippen LogP contribution is -2.30. The van der Waals surface area contributed by atoms with E-state index in [1.165, 1.54) is 0 Å². The summed E-state index contributed by atoms with van der Waals surface area (Å²) in [6, 6.07) is 13.3. The van der Waals surface area contributed by atoms with Gasteiger partial charge in [0.05, 0.1) is 18.2 Å². The van der Waals surface area contributed by atoms with Crippen LogP contribution in [0.25, 0.3) is 0 Å². The van der Waals surface area contributed by atoms with E-state index in [1.54, 1.807) is 6.20 Å². The highest BCUT2D eigenvalue weighted by Crippen LogP contribution is 2.42. The summed E-state index contributed by atoms with van der Waals surface area (Å²) in [6.07, 6.45) is 3.97. The Hall–Kier alpha value is -1.87. The largest absolute Gasteiger partial charge is 0.350 e. The van der Waals surface area contributed by atoms with E-state index >= 15 is 0 Å². The maximum absolute atomic E-state index is 12.5. The summed E-state index contributed by atoms with van der Waals surface area (Å²) in [5, 5.41) is 3.70. The molecule has 1 atom stereocenters. The molecule has 21 heavy (non-hydrogen) atoms. The van der Waals surface area contributed by atoms with E-state index in [-0.39, 0.29) is 11.8 Å². The lowest BCUT2D eigenvalue weighted by Gasteiger charge is -2.16. The highest BCUT2D eigenvalue weighted by molar-refractivity contribution is 6.30. The quantitative estimate of drug-likeness (QED) is 0.917. The van der Waals surface area contributed by atoms with Crippen LogP contribution in [0.3, 0.4) is 0 Å². The first-order chi connectivity index (χ1) is 10.2. The SMILES string of the molecule is O=C(NCc1ccccn1)C(c1ccc(Cl)cc1)C1CC1. The van der Waals surface area contributed by atoms with Crippen LogP contribution in [0.1, 0.15) is 30.0 Å². The molecule has 0 bridgehead atoms. The fraction of sp³-hybridized carbons (Fsp3) is 0.294. The average molecular weight is 301 g/mol. The number of aromatic nitrogens is 1. The van der Waals surface area contributed by atoms with E-state index in [0.29, 0.717) is 17.5 Å². The van der Waals surface area contributed by atoms with Crippen molar-refractivity contribution < 1.29 is 4.79 Å². The Morgan fingerprint density at radius 3 is 2.62 bits per heavy atom. The minimum absolute atomic E-state index is 0.0745. The summed E-state index contributed by atoms with van der Waals surface area (Å²) >= 11 is 5.92. The van der Waals surface area contributed by atoms with E-state index in [9.17, 15) is 4.79 Å². The van der Waals surface area contributed by atoms with Crippen molar-refractivity contribution in [2.45, 2.75) is 25.3 Å². The summed E-state index contributed by atoms with van der Waals surface area (Å²) in [5.74, 6) is 0.450. The van der Waals surface area contributed by atoms with Crippen LogP contribution in [0, 0.1) is 5.92 Å². The first-order valence-electron chi connectivity index (χ1n) is 7.17. The monoisotopic (exact) mass is 300 g/mol. The second-order valence-corrected chi connectivity index (χ2v) is 5.84. The van der Waals surface area contributed by atoms with Gasteiger partial charge in [0.1, 0.15) is 0 Å². The molecule has 108 valence electrons. The second kappa shape index (κ2) is 6.27. The number of hydrogen-bond donors (Lipinski definition) is 1. The number of amides is 1. The normalized spacial score (nSPS) is 15.5. The van der Waals surface area contributed by atoms with Gasteiger partial charge in [0.25, 0.3) is 0 Å². The molecule has 1 N–H and O–H groups in total. The molecule has 0 radical (unpaired) electrons. The van der Waals surface area contributed by atoms with E-state index in [1.807, 2.05) is 42.5 Å². The first kappa shape index (κ1) is 14.1. The van der Waals surface area contributed by atoms with Crippen molar-refractivity contribution >= 4 is 17.5 Å². The maximum Gasteiger partial charge on any atom is 0.228 e. The molecule has 0 aliphatic heterocycles. The Bertz CT molecular complexity index is 608. The number of nitrogens with zero attached hydrogens (tertiary/aromatic N) is 1. The van der Waals surface area contributed by atoms with Gasteiger partial charge < -0.3 is 5.32 Å². The van der Waals surface area contributed by atoms with Gasteiger partial charge in [0.15, 0.2) is 0 Å². The van der Waals surface area contributed by atoms with Crippen molar-refractivity contribution in [3.8, 4) is 0 Å². The van der Waals surface area contributed by atoms with Gasteiger partial charge in [-0.05, 0) is 48.6 Å². The van der Waals surface area contributed by atoms with Gasteiger partial charge in [-0.2, -0.15) is 0 Å². The number of carbonyl (C=O) groups is 1. The van der Waals surface area contributed by atoms with Crippen molar-refractivity contribution in [2.75, 3.05) is 0 Å². The number of nitrogens with one attached hydrogen (secondary N) is 1. The van der Waals surface area contributed by atoms with Crippen LogP contribution in [0.5, 0.6) is 0 Å². The van der Waals surface area contributed by atoms with Gasteiger partial charge in [-0.3, -0.25) is 9.78 Å². The molecule has 1 saturated carbocycles. The van der Waals surface area contributed by atoms with E-state index in [0.717, 1.165) is 24.1 Å². The van der Waals surface area contributed by atoms with Crippen molar-refractivity contribution in [1.82, 2.24) is 10.3 Å². The second-order valence-electron chi connectivity index (χ2n) is 5.41. The van der Waals surface area contributed by atoms with Crippen LogP contribution in [0.15, 0.2) is 48.7 Å². The minimum Gasteiger partial charge on any atom is -0.350 e. The molecule has 1 fully saturated rings. The molecule has 1 unspecified atom stereocenters. The van der Waals surface area contributed by atoms with Crippen molar-refractivity contribution in [1.29, 1.82) is 0 Å². The van der Waals surface area contributed by atoms with E-state index in [2.05, 4.69) is 10.3 Å². The van der Waals surface area contributed by atoms with E-state index in [4.69, 9.17) is 11.6 Å². The average Bonchev–Trinajstić information content (AvgIpc) is 3.33. The Morgan fingerprint density at radius 1 is 1.24 bits per heavy atom. The molecule has 1 heterocycles. The van der Waals surface area contributed by atoms with Crippen LogP contribution in [0.4, 0.5) is 0 Å². The lowest BCUT2D eigenvalue weighted by molar-refractivity contribution is -0.123. The zero-order valence-electron chi connectivity index (χ0n) is 11.6. The Labute approximate surface area is 129 Å². The molecule has 4 heteroatoms. The molecule has 1 aromatic carbocycles. The fourth-order valence-corrected chi connectivity index (χ4v) is 2.65. The third-order valence-electron chi connectivity index (χ3n) is 3.77. The molecule has 0 saturated heterocycles. The number of benzene rings is 1. The van der Waals surface area contributed by atoms with Crippen LogP contribution >= 0.6 is 11.6 Å². The lowest BCUT2D eigenvalue weighted by atomic mass is 9.93. The zero-order valence-corrected chi connectivity index (χ0v) is 12.4. The summed E-state index contributed by atoms with van der Waals surface area (Å²) in [4.78, 5) is 16.7. The zero-order chi connectivity index (χ0) is 14.7. The molecule has 1 aromatic heterocycles. The maximum atomic E-state index is 12.5. The standard InChI is InChI=1S/C17H17ClN2O/c18-14-8-6-13(7-9-14)16(12-4-5-12)17(21)20-11-15-3-1-2-10-19-15/h1-3,6-10,12,16H,4-5,11H2,(H,20,21). The summed E-state index contributed by atoms with van der Waals surface area (Å²) in [6.45, 7) is 0.469. The Balaban J connectivity index is 1.69. The van der Waals surface area contributed by atoms with Gasteiger partial charge in [-0.25, -0.2) is 0 Å². The van der Waals surface area contributed by atoms with E-state index < -0.39 is 0 Å². The van der Waals surface area contributed by atoms with Crippen molar-refractivity contribution in [3.63, 3.8) is 0 Å². The highest BCUT2D eigenvalue weighted by atomic mass is 35.5. The number of carbonyl (C=O) groups excluding carboxylic acids is 1. The number of hydrogen-bond acceptors (Lipinski definition) is 2. The summed E-state index contributed by atoms with van der Waals surface area (Å²) in [7, 11) is 0. The predicted octanol–water partition coefficient (Wildman–Crippen LogP) is 3.55. The smallest absolute Gasteiger partial charge is 0.228 e. The molecule has 2 aromatic rings. The first-order valence-corrected chi connectivity index (χ1v) is 7.55. The number of pyridine rings is 1. The molecule has 0 spiro atoms. The highest BCUT2D eigenvalue weighted by Gasteiger charge is 2.37. The summed E-state index contributed by atoms with van der Waals surface area (Å²) < 4.78 is 0. The molecule has 3 rings (SSSR count). The van der Waals surface area contributed by atoms with Crippen LogP contribution < -0.4 is 5.32 Å². The van der Waals surface area contributed by atoms with Gasteiger partial charge in [0, 0.05) is 11.2 Å². The number of rotatable bonds is 5. The predicted molar refractivity (Wildman–Crippen MR) is 83.0 cm³/mol. The third-order valence-corrected chi connectivity index (χ3v) is 4.03. The van der Waals surface area contributed by atoms with Gasteiger partial charge in [0.2, 0.25) is 5.91 Å². The van der Waals surface area contributed by atoms with Gasteiger partial charge in [-0.15, -0.1) is 0 Å². The molecular weight excluding hydrogens is 284 g/mol. The van der Waals surface area contributed by atoms with Crippen LogP contribution in [-0.4, -0.2) is 10.9 Å². The third kappa shape index (κ3) is 3.61. The van der Waals surface area contributed by atoms with Gasteiger partial charge >= 0.3 is 0 Å². The van der Waals surface area contributed by atoms with Crippen molar-refractivity contribution in [2.24, 2.45) is 5.92 Å². The fourth-order valence-electron chi connectivity index (χ4n) is 2.53. The Morgan fingerprint density at radius 2 is 2.00 bits per heavy atom. The Kier molecular flexibility index (Phi) is 4.20. The van der Waals surface area contributed by atoms with Crippen LogP contribution in [0.2, 0.25) is 5.02 Å². The van der Waals surface area contributed by atoms with Crippen molar-refractivity contribution in [3.05, 3.63) is 64.9 Å². The molecule has 1 amide bonds. The number of halogens is 1. The molecular formula is C17H17ClN2O. The summed E-state index contributed by atoms with van der Waals surface area (Å²) in [5.41, 5.74) is 1.91.